The Morgan fingerprint density at radius 1 is 1.37 bits per heavy atom. The zero-order valence-corrected chi connectivity index (χ0v) is 11.2. The second-order valence-corrected chi connectivity index (χ2v) is 4.93. The first-order chi connectivity index (χ1) is 9.13. The third kappa shape index (κ3) is 3.83. The molecule has 0 atom stereocenters. The number of nitrogens with one attached hydrogen (secondary N) is 1. The van der Waals surface area contributed by atoms with Crippen molar-refractivity contribution in [2.45, 2.75) is 25.0 Å². The Balaban J connectivity index is 1.85. The van der Waals surface area contributed by atoms with Crippen molar-refractivity contribution in [1.29, 1.82) is 0 Å². The summed E-state index contributed by atoms with van der Waals surface area (Å²) in [6.07, 6.45) is 1.29. The quantitative estimate of drug-likeness (QED) is 0.743. The predicted octanol–water partition coefficient (Wildman–Crippen LogP) is 1.03. The van der Waals surface area contributed by atoms with Gasteiger partial charge in [0.15, 0.2) is 0 Å². The molecule has 1 saturated heterocycles. The highest BCUT2D eigenvalue weighted by atomic mass is 16.5. The zero-order chi connectivity index (χ0) is 13.7. The minimum Gasteiger partial charge on any atom is -0.507 e. The largest absolute Gasteiger partial charge is 0.507 e. The highest BCUT2D eigenvalue weighted by Gasteiger charge is 2.29. The smallest absolute Gasteiger partial charge is 0.123 e. The third-order valence-corrected chi connectivity index (χ3v) is 3.49. The van der Waals surface area contributed by atoms with Crippen LogP contribution in [0.1, 0.15) is 18.4 Å². The summed E-state index contributed by atoms with van der Waals surface area (Å²) in [6.45, 7) is 2.22. The number of phenolic OH excluding ortho intramolecular Hbond substituents is 1. The van der Waals surface area contributed by atoms with E-state index in [1.807, 2.05) is 6.07 Å². The first-order valence-electron chi connectivity index (χ1n) is 6.50. The summed E-state index contributed by atoms with van der Waals surface area (Å²) in [5.74, 6) is 0.829. The summed E-state index contributed by atoms with van der Waals surface area (Å²) in [4.78, 5) is 0. The summed E-state index contributed by atoms with van der Waals surface area (Å²) < 4.78 is 10.3. The Hall–Kier alpha value is -1.30. The molecule has 0 aromatic heterocycles. The highest BCUT2D eigenvalue weighted by molar-refractivity contribution is 5.39. The molecule has 0 amide bonds. The van der Waals surface area contributed by atoms with Crippen molar-refractivity contribution in [3.05, 3.63) is 23.8 Å². The van der Waals surface area contributed by atoms with E-state index in [0.717, 1.165) is 5.56 Å². The first kappa shape index (κ1) is 14.1. The number of methoxy groups -OCH3 is 1. The van der Waals surface area contributed by atoms with E-state index in [1.54, 1.807) is 19.2 Å². The molecule has 1 aromatic rings. The lowest BCUT2D eigenvalue weighted by molar-refractivity contribution is -0.0617. The number of ether oxygens (including phenoxy) is 2. The lowest BCUT2D eigenvalue weighted by Gasteiger charge is -2.32. The first-order valence-corrected chi connectivity index (χ1v) is 6.50. The summed E-state index contributed by atoms with van der Waals surface area (Å²) in [7, 11) is 1.56. The van der Waals surface area contributed by atoms with Gasteiger partial charge in [0.25, 0.3) is 0 Å². The lowest BCUT2D eigenvalue weighted by Crippen LogP contribution is -2.44. The fourth-order valence-corrected chi connectivity index (χ4v) is 2.18. The van der Waals surface area contributed by atoms with Crippen LogP contribution in [0.5, 0.6) is 11.5 Å². The normalized spacial score (nSPS) is 18.2. The van der Waals surface area contributed by atoms with Crippen LogP contribution in [0.2, 0.25) is 0 Å². The van der Waals surface area contributed by atoms with Gasteiger partial charge in [0.1, 0.15) is 11.5 Å². The van der Waals surface area contributed by atoms with Gasteiger partial charge in [-0.05, 0) is 6.07 Å². The molecule has 1 aliphatic heterocycles. The summed E-state index contributed by atoms with van der Waals surface area (Å²) >= 11 is 0. The Morgan fingerprint density at radius 3 is 2.74 bits per heavy atom. The molecule has 1 aromatic carbocycles. The fourth-order valence-electron chi connectivity index (χ4n) is 2.18. The fraction of sp³-hybridized carbons (Fsp3) is 0.571. The second kappa shape index (κ2) is 6.23. The van der Waals surface area contributed by atoms with Gasteiger partial charge in [-0.1, -0.05) is 6.07 Å². The molecule has 1 heterocycles. The molecule has 106 valence electrons. The van der Waals surface area contributed by atoms with E-state index in [2.05, 4.69) is 5.32 Å². The molecule has 0 spiro atoms. The maximum Gasteiger partial charge on any atom is 0.123 e. The summed E-state index contributed by atoms with van der Waals surface area (Å²) in [5, 5.41) is 23.3. The molecule has 0 radical (unpaired) electrons. The van der Waals surface area contributed by atoms with E-state index in [9.17, 15) is 10.2 Å². The number of rotatable bonds is 5. The minimum atomic E-state index is -0.694. The molecule has 1 fully saturated rings. The van der Waals surface area contributed by atoms with Gasteiger partial charge in [-0.15, -0.1) is 0 Å². The summed E-state index contributed by atoms with van der Waals surface area (Å²) in [6, 6.07) is 5.20. The van der Waals surface area contributed by atoms with Crippen molar-refractivity contribution in [2.24, 2.45) is 0 Å². The molecular formula is C14H21NO4. The van der Waals surface area contributed by atoms with Crippen molar-refractivity contribution < 1.29 is 19.7 Å². The van der Waals surface area contributed by atoms with Crippen LogP contribution in [0.25, 0.3) is 0 Å². The monoisotopic (exact) mass is 267 g/mol. The van der Waals surface area contributed by atoms with Crippen molar-refractivity contribution in [3.8, 4) is 11.5 Å². The minimum absolute atomic E-state index is 0.200. The van der Waals surface area contributed by atoms with Crippen LogP contribution in [-0.4, -0.2) is 42.7 Å². The second-order valence-electron chi connectivity index (χ2n) is 4.93. The molecule has 2 rings (SSSR count). The molecule has 1 aliphatic rings. The summed E-state index contributed by atoms with van der Waals surface area (Å²) in [5.41, 5.74) is 0.0943. The van der Waals surface area contributed by atoms with Gasteiger partial charge in [-0.2, -0.15) is 0 Å². The Kier molecular flexibility index (Phi) is 4.63. The molecule has 0 aliphatic carbocycles. The van der Waals surface area contributed by atoms with Crippen LogP contribution in [0.4, 0.5) is 0 Å². The van der Waals surface area contributed by atoms with Crippen LogP contribution in [-0.2, 0) is 11.3 Å². The van der Waals surface area contributed by atoms with Crippen LogP contribution in [0.3, 0.4) is 0 Å². The van der Waals surface area contributed by atoms with Crippen LogP contribution in [0.15, 0.2) is 18.2 Å². The van der Waals surface area contributed by atoms with Gasteiger partial charge in [0.05, 0.1) is 12.7 Å². The number of benzene rings is 1. The topological polar surface area (TPSA) is 71.0 Å². The van der Waals surface area contributed by atoms with Crippen molar-refractivity contribution in [3.63, 3.8) is 0 Å². The standard InChI is InChI=1S/C14H21NO4/c1-18-12-3-2-11(13(16)8-12)9-15-10-14(17)4-6-19-7-5-14/h2-3,8,15-17H,4-7,9-10H2,1H3. The van der Waals surface area contributed by atoms with E-state index in [1.165, 1.54) is 0 Å². The van der Waals surface area contributed by atoms with E-state index in [0.29, 0.717) is 44.9 Å². The number of hydrogen-bond acceptors (Lipinski definition) is 5. The SMILES string of the molecule is COc1ccc(CNCC2(O)CCOCC2)c(O)c1. The van der Waals surface area contributed by atoms with E-state index in [4.69, 9.17) is 9.47 Å². The Bertz CT molecular complexity index is 416. The number of aromatic hydroxyl groups is 1. The van der Waals surface area contributed by atoms with Crippen LogP contribution in [0, 0.1) is 0 Å². The average Bonchev–Trinajstić information content (AvgIpc) is 2.41. The molecule has 19 heavy (non-hydrogen) atoms. The van der Waals surface area contributed by atoms with Crippen molar-refractivity contribution in [1.82, 2.24) is 5.32 Å². The number of hydrogen-bond donors (Lipinski definition) is 3. The molecule has 3 N–H and O–H groups in total. The van der Waals surface area contributed by atoms with Crippen molar-refractivity contribution >= 4 is 0 Å². The Morgan fingerprint density at radius 2 is 2.11 bits per heavy atom. The molecular weight excluding hydrogens is 246 g/mol. The number of phenols is 1. The lowest BCUT2D eigenvalue weighted by atomic mass is 9.94. The van der Waals surface area contributed by atoms with Gasteiger partial charge in [0.2, 0.25) is 0 Å². The molecule has 5 nitrogen and oxygen atoms in total. The zero-order valence-electron chi connectivity index (χ0n) is 11.2. The van der Waals surface area contributed by atoms with Crippen LogP contribution < -0.4 is 10.1 Å². The van der Waals surface area contributed by atoms with Crippen molar-refractivity contribution in [2.75, 3.05) is 26.9 Å². The van der Waals surface area contributed by atoms with Gasteiger partial charge in [0, 0.05) is 50.8 Å². The van der Waals surface area contributed by atoms with Gasteiger partial charge >= 0.3 is 0 Å². The molecule has 0 bridgehead atoms. The van der Waals surface area contributed by atoms with Gasteiger partial charge < -0.3 is 25.0 Å². The van der Waals surface area contributed by atoms with E-state index < -0.39 is 5.60 Å². The van der Waals surface area contributed by atoms with E-state index >= 15 is 0 Å². The third-order valence-electron chi connectivity index (χ3n) is 3.49. The molecule has 0 unspecified atom stereocenters. The number of aliphatic hydroxyl groups is 1. The van der Waals surface area contributed by atoms with E-state index in [-0.39, 0.29) is 5.75 Å². The average molecular weight is 267 g/mol. The highest BCUT2D eigenvalue weighted by Crippen LogP contribution is 2.24. The molecule has 5 heteroatoms. The maximum atomic E-state index is 10.3. The van der Waals surface area contributed by atoms with Gasteiger partial charge in [-0.25, -0.2) is 0 Å². The predicted molar refractivity (Wildman–Crippen MR) is 71.4 cm³/mol. The maximum absolute atomic E-state index is 10.3. The van der Waals surface area contributed by atoms with Gasteiger partial charge in [-0.3, -0.25) is 0 Å². The molecule has 0 saturated carbocycles. The Labute approximate surface area is 113 Å². The van der Waals surface area contributed by atoms with Crippen LogP contribution >= 0.6 is 0 Å².